The lowest BCUT2D eigenvalue weighted by molar-refractivity contribution is 0.0686. The van der Waals surface area contributed by atoms with Gasteiger partial charge in [-0.25, -0.2) is 17.9 Å². The largest absolute Gasteiger partial charge is 0.477 e. The number of sulfonamides is 1. The number of ether oxygens (including phenoxy) is 1. The van der Waals surface area contributed by atoms with E-state index in [4.69, 9.17) is 9.84 Å². The first-order valence-corrected chi connectivity index (χ1v) is 7.76. The Bertz CT molecular complexity index is 607. The summed E-state index contributed by atoms with van der Waals surface area (Å²) in [6.07, 6.45) is 3.55. The molecule has 0 amide bonds. The summed E-state index contributed by atoms with van der Waals surface area (Å²) in [4.78, 5) is 10.9. The molecule has 1 aliphatic carbocycles. The molecule has 20 heavy (non-hydrogen) atoms. The molecule has 2 N–H and O–H groups in total. The first-order valence-electron chi connectivity index (χ1n) is 6.28. The number of nitrogens with zero attached hydrogens (tertiary/aromatic N) is 1. The van der Waals surface area contributed by atoms with Gasteiger partial charge in [0.2, 0.25) is 10.0 Å². The number of carboxylic acids is 1. The van der Waals surface area contributed by atoms with Gasteiger partial charge in [-0.15, -0.1) is 0 Å². The van der Waals surface area contributed by atoms with Crippen LogP contribution in [0.4, 0.5) is 0 Å². The van der Waals surface area contributed by atoms with E-state index in [0.717, 1.165) is 18.9 Å². The molecule has 1 aromatic rings. The number of carbonyl (C=O) groups is 1. The summed E-state index contributed by atoms with van der Waals surface area (Å²) >= 11 is 0. The van der Waals surface area contributed by atoms with Gasteiger partial charge in [-0.3, -0.25) is 0 Å². The van der Waals surface area contributed by atoms with Crippen molar-refractivity contribution in [1.29, 1.82) is 0 Å². The summed E-state index contributed by atoms with van der Waals surface area (Å²) in [6.45, 7) is 0. The first-order chi connectivity index (χ1) is 9.33. The van der Waals surface area contributed by atoms with Crippen LogP contribution in [0.2, 0.25) is 0 Å². The molecule has 1 heterocycles. The van der Waals surface area contributed by atoms with Gasteiger partial charge in [0, 0.05) is 26.4 Å². The molecular weight excluding hydrogens is 284 g/mol. The van der Waals surface area contributed by atoms with Crippen LogP contribution in [0.15, 0.2) is 17.2 Å². The highest BCUT2D eigenvalue weighted by Gasteiger charge is 2.29. The van der Waals surface area contributed by atoms with Gasteiger partial charge in [-0.05, 0) is 25.3 Å². The van der Waals surface area contributed by atoms with Crippen LogP contribution in [0.3, 0.4) is 0 Å². The molecule has 0 aliphatic heterocycles. The number of aryl methyl sites for hydroxylation is 1. The molecule has 2 rings (SSSR count). The Hall–Kier alpha value is -1.38. The van der Waals surface area contributed by atoms with Crippen molar-refractivity contribution >= 4 is 16.0 Å². The van der Waals surface area contributed by atoms with E-state index in [0.29, 0.717) is 6.42 Å². The second kappa shape index (κ2) is 5.55. The summed E-state index contributed by atoms with van der Waals surface area (Å²) in [5.74, 6) is -1.16. The van der Waals surface area contributed by atoms with Crippen molar-refractivity contribution in [2.24, 2.45) is 7.05 Å². The number of hydrogen-bond acceptors (Lipinski definition) is 4. The average Bonchev–Trinajstić information content (AvgIpc) is 2.95. The molecular formula is C12H18N2O5S. The van der Waals surface area contributed by atoms with E-state index in [1.54, 1.807) is 7.11 Å². The maximum atomic E-state index is 12.2. The first kappa shape index (κ1) is 15.0. The molecule has 0 aromatic carbocycles. The quantitative estimate of drug-likeness (QED) is 0.828. The van der Waals surface area contributed by atoms with Gasteiger partial charge < -0.3 is 14.4 Å². The molecule has 0 spiro atoms. The van der Waals surface area contributed by atoms with E-state index < -0.39 is 16.0 Å². The Balaban J connectivity index is 2.15. The highest BCUT2D eigenvalue weighted by Crippen LogP contribution is 2.23. The monoisotopic (exact) mass is 302 g/mol. The molecule has 1 aromatic heterocycles. The predicted octanol–water partition coefficient (Wildman–Crippen LogP) is 0.569. The zero-order chi connectivity index (χ0) is 14.9. The van der Waals surface area contributed by atoms with Crippen LogP contribution in [0.1, 0.15) is 29.8 Å². The summed E-state index contributed by atoms with van der Waals surface area (Å²) in [5.41, 5.74) is -0.0634. The van der Waals surface area contributed by atoms with Gasteiger partial charge in [0.25, 0.3) is 0 Å². The maximum absolute atomic E-state index is 12.2. The van der Waals surface area contributed by atoms with E-state index in [-0.39, 0.29) is 22.7 Å². The second-order valence-electron chi connectivity index (χ2n) is 4.97. The molecule has 8 heteroatoms. The Morgan fingerprint density at radius 3 is 2.70 bits per heavy atom. The molecule has 112 valence electrons. The maximum Gasteiger partial charge on any atom is 0.352 e. The van der Waals surface area contributed by atoms with E-state index in [9.17, 15) is 13.2 Å². The Labute approximate surface area is 117 Å². The van der Waals surface area contributed by atoms with Gasteiger partial charge in [-0.1, -0.05) is 0 Å². The minimum atomic E-state index is -3.70. The number of carboxylic acid groups (broad SMARTS) is 1. The lowest BCUT2D eigenvalue weighted by Gasteiger charge is -2.12. The number of methoxy groups -OCH3 is 1. The van der Waals surface area contributed by atoms with Crippen molar-refractivity contribution in [3.63, 3.8) is 0 Å². The number of nitrogens with one attached hydrogen (secondary N) is 1. The standard InChI is InChI=1S/C12H18N2O5S/c1-14-7-10(6-11(14)12(15)16)20(17,18)13-8-3-4-9(5-8)19-2/h6-9,13H,3-5H2,1-2H3,(H,15,16). The molecule has 1 saturated carbocycles. The highest BCUT2D eigenvalue weighted by atomic mass is 32.2. The fraction of sp³-hybridized carbons (Fsp3) is 0.583. The van der Waals surface area contributed by atoms with Crippen molar-refractivity contribution in [1.82, 2.24) is 9.29 Å². The minimum absolute atomic E-state index is 0.0294. The zero-order valence-corrected chi connectivity index (χ0v) is 12.2. The summed E-state index contributed by atoms with van der Waals surface area (Å²) in [7, 11) is -0.592. The Kier molecular flexibility index (Phi) is 4.17. The van der Waals surface area contributed by atoms with Crippen molar-refractivity contribution in [2.75, 3.05) is 7.11 Å². The van der Waals surface area contributed by atoms with Crippen molar-refractivity contribution < 1.29 is 23.1 Å². The number of aromatic carboxylic acids is 1. The number of hydrogen-bond donors (Lipinski definition) is 2. The van der Waals surface area contributed by atoms with Crippen molar-refractivity contribution in [3.8, 4) is 0 Å². The van der Waals surface area contributed by atoms with Crippen molar-refractivity contribution in [3.05, 3.63) is 18.0 Å². The Morgan fingerprint density at radius 2 is 2.20 bits per heavy atom. The average molecular weight is 302 g/mol. The lowest BCUT2D eigenvalue weighted by atomic mass is 10.3. The van der Waals surface area contributed by atoms with Crippen LogP contribution in [0.25, 0.3) is 0 Å². The van der Waals surface area contributed by atoms with E-state index in [2.05, 4.69) is 4.72 Å². The van der Waals surface area contributed by atoms with Crippen molar-refractivity contribution in [2.45, 2.75) is 36.3 Å². The number of aromatic nitrogens is 1. The molecule has 1 fully saturated rings. The van der Waals surface area contributed by atoms with E-state index >= 15 is 0 Å². The summed E-state index contributed by atoms with van der Waals surface area (Å²) in [5, 5.41) is 8.94. The second-order valence-corrected chi connectivity index (χ2v) is 6.68. The van der Waals surface area contributed by atoms with Gasteiger partial charge in [0.15, 0.2) is 0 Å². The fourth-order valence-electron chi connectivity index (χ4n) is 2.44. The third-order valence-corrected chi connectivity index (χ3v) is 5.04. The fourth-order valence-corrected chi connectivity index (χ4v) is 3.80. The van der Waals surface area contributed by atoms with Crippen LogP contribution >= 0.6 is 0 Å². The van der Waals surface area contributed by atoms with Crippen LogP contribution in [-0.2, 0) is 21.8 Å². The van der Waals surface area contributed by atoms with Gasteiger partial charge in [0.1, 0.15) is 10.6 Å². The van der Waals surface area contributed by atoms with Gasteiger partial charge in [-0.2, -0.15) is 0 Å². The third kappa shape index (κ3) is 3.02. The van der Waals surface area contributed by atoms with Gasteiger partial charge >= 0.3 is 5.97 Å². The third-order valence-electron chi connectivity index (χ3n) is 3.55. The minimum Gasteiger partial charge on any atom is -0.477 e. The summed E-state index contributed by atoms with van der Waals surface area (Å²) < 4.78 is 33.5. The lowest BCUT2D eigenvalue weighted by Crippen LogP contribution is -2.33. The zero-order valence-electron chi connectivity index (χ0n) is 11.4. The molecule has 1 aliphatic rings. The number of rotatable bonds is 5. The van der Waals surface area contributed by atoms with Crippen LogP contribution in [0.5, 0.6) is 0 Å². The topological polar surface area (TPSA) is 97.6 Å². The predicted molar refractivity (Wildman–Crippen MR) is 71.1 cm³/mol. The molecule has 2 unspecified atom stereocenters. The van der Waals surface area contributed by atoms with Crippen LogP contribution in [-0.4, -0.2) is 43.3 Å². The van der Waals surface area contributed by atoms with Crippen LogP contribution in [0, 0.1) is 0 Å². The van der Waals surface area contributed by atoms with Crippen LogP contribution < -0.4 is 4.72 Å². The normalized spacial score (nSPS) is 23.1. The Morgan fingerprint density at radius 1 is 1.50 bits per heavy atom. The molecule has 0 radical (unpaired) electrons. The van der Waals surface area contributed by atoms with E-state index in [1.165, 1.54) is 17.8 Å². The SMILES string of the molecule is COC1CCC(NS(=O)(=O)c2cc(C(=O)O)n(C)c2)C1. The molecule has 0 saturated heterocycles. The molecule has 2 atom stereocenters. The molecule has 0 bridgehead atoms. The highest BCUT2D eigenvalue weighted by molar-refractivity contribution is 7.89. The summed E-state index contributed by atoms with van der Waals surface area (Å²) in [6, 6.07) is 0.992. The molecule has 7 nitrogen and oxygen atoms in total. The van der Waals surface area contributed by atoms with E-state index in [1.807, 2.05) is 0 Å². The van der Waals surface area contributed by atoms with Gasteiger partial charge in [0.05, 0.1) is 6.10 Å². The smallest absolute Gasteiger partial charge is 0.352 e.